The first-order valence-corrected chi connectivity index (χ1v) is 7.71. The highest BCUT2D eigenvalue weighted by Crippen LogP contribution is 2.41. The lowest BCUT2D eigenvalue weighted by molar-refractivity contribution is -0.173. The molecule has 0 radical (unpaired) electrons. The van der Waals surface area contributed by atoms with Gasteiger partial charge in [0, 0.05) is 0 Å². The van der Waals surface area contributed by atoms with Gasteiger partial charge in [-0.25, -0.2) is 4.79 Å². The van der Waals surface area contributed by atoms with E-state index in [9.17, 15) is 22.0 Å². The molecule has 0 aromatic heterocycles. The largest absolute Gasteiger partial charge is 0.465 e. The van der Waals surface area contributed by atoms with Gasteiger partial charge in [0.15, 0.2) is 0 Å². The van der Waals surface area contributed by atoms with E-state index < -0.39 is 27.4 Å². The van der Waals surface area contributed by atoms with Gasteiger partial charge in [-0.15, -0.1) is 0 Å². The second kappa shape index (κ2) is 4.97. The van der Waals surface area contributed by atoms with E-state index in [1.54, 1.807) is 0 Å². The number of alkyl halides is 2. The van der Waals surface area contributed by atoms with E-state index in [2.05, 4.69) is 4.74 Å². The second-order valence-corrected chi connectivity index (χ2v) is 6.77. The summed E-state index contributed by atoms with van der Waals surface area (Å²) >= 11 is 0. The van der Waals surface area contributed by atoms with Gasteiger partial charge in [0.25, 0.3) is 0 Å². The average molecular weight is 298 g/mol. The first-order valence-electron chi connectivity index (χ1n) is 6.27. The van der Waals surface area contributed by atoms with Crippen LogP contribution in [0.1, 0.15) is 38.5 Å². The molecule has 1 N–H and O–H groups in total. The molecule has 0 amide bonds. The molecule has 0 saturated heterocycles. The lowest BCUT2D eigenvalue weighted by Crippen LogP contribution is -2.44. The molecule has 0 spiro atoms. The molecule has 2 fully saturated rings. The summed E-state index contributed by atoms with van der Waals surface area (Å²) in [5.41, 5.74) is 0. The molecule has 2 unspecified atom stereocenters. The topological polar surface area (TPSA) is 80.7 Å². The van der Waals surface area contributed by atoms with Crippen LogP contribution < -0.4 is 0 Å². The number of fused-ring (bicyclic) bond motifs is 2. The number of rotatable bonds is 3. The van der Waals surface area contributed by atoms with Crippen LogP contribution in [0.15, 0.2) is 0 Å². The Morgan fingerprint density at radius 3 is 2.53 bits per heavy atom. The minimum atomic E-state index is -5.78. The van der Waals surface area contributed by atoms with Gasteiger partial charge in [0.05, 0.1) is 0 Å². The molecule has 2 bridgehead atoms. The van der Waals surface area contributed by atoms with Crippen molar-refractivity contribution in [2.45, 2.75) is 49.9 Å². The maximum absolute atomic E-state index is 13.1. The number of carbonyl (C=O) groups is 1. The Morgan fingerprint density at radius 2 is 1.89 bits per heavy atom. The predicted molar refractivity (Wildman–Crippen MR) is 61.1 cm³/mol. The van der Waals surface area contributed by atoms with Crippen molar-refractivity contribution in [2.24, 2.45) is 11.8 Å². The molecule has 0 aliphatic heterocycles. The number of halogens is 2. The van der Waals surface area contributed by atoms with E-state index in [0.29, 0.717) is 12.3 Å². The summed E-state index contributed by atoms with van der Waals surface area (Å²) in [6, 6.07) is 0. The normalized spacial score (nSPS) is 31.8. The number of ether oxygens (including phenoxy) is 1. The molecule has 2 aliphatic carbocycles. The van der Waals surface area contributed by atoms with Gasteiger partial charge in [-0.3, -0.25) is 4.55 Å². The van der Waals surface area contributed by atoms with E-state index in [4.69, 9.17) is 4.55 Å². The summed E-state index contributed by atoms with van der Waals surface area (Å²) in [7, 11) is -5.78. The molecule has 2 saturated carbocycles. The van der Waals surface area contributed by atoms with Crippen molar-refractivity contribution in [3.8, 4) is 0 Å². The Hall–Kier alpha value is -0.760. The van der Waals surface area contributed by atoms with Crippen LogP contribution in [0.3, 0.4) is 0 Å². The predicted octanol–water partition coefficient (Wildman–Crippen LogP) is 1.98. The minimum absolute atomic E-state index is 0.0219. The van der Waals surface area contributed by atoms with Crippen LogP contribution in [-0.2, 0) is 19.6 Å². The quantitative estimate of drug-likeness (QED) is 0.636. The number of carbonyl (C=O) groups excluding carboxylic acids is 1. The zero-order valence-corrected chi connectivity index (χ0v) is 11.0. The standard InChI is InChI=1S/C11H16F2O5S/c12-11(13,19(15,16)17)10(14)18-9-5-4-7-2-1-3-8(9)6-7/h7-9H,1-6H2,(H,15,16,17)/t7-,8?,9?/m0/s1. The number of hydrogen-bond acceptors (Lipinski definition) is 4. The van der Waals surface area contributed by atoms with Crippen LogP contribution >= 0.6 is 0 Å². The summed E-state index contributed by atoms with van der Waals surface area (Å²) in [6.07, 6.45) is 4.31. The van der Waals surface area contributed by atoms with Crippen LogP contribution in [-0.4, -0.2) is 30.3 Å². The van der Waals surface area contributed by atoms with E-state index in [-0.39, 0.29) is 5.92 Å². The first-order chi connectivity index (χ1) is 8.72. The van der Waals surface area contributed by atoms with Gasteiger partial charge in [-0.2, -0.15) is 17.2 Å². The van der Waals surface area contributed by atoms with Crippen molar-refractivity contribution in [1.29, 1.82) is 0 Å². The molecule has 0 aromatic rings. The molecule has 2 rings (SSSR count). The monoisotopic (exact) mass is 298 g/mol. The molecular formula is C11H16F2O5S. The van der Waals surface area contributed by atoms with Gasteiger partial charge in [0.2, 0.25) is 0 Å². The van der Waals surface area contributed by atoms with Crippen LogP contribution in [0.2, 0.25) is 0 Å². The Labute approximate surface area is 110 Å². The Kier molecular flexibility index (Phi) is 3.83. The van der Waals surface area contributed by atoms with Crippen LogP contribution in [0, 0.1) is 11.8 Å². The molecule has 0 aromatic carbocycles. The van der Waals surface area contributed by atoms with E-state index in [0.717, 1.165) is 32.1 Å². The van der Waals surface area contributed by atoms with Crippen molar-refractivity contribution < 1.29 is 31.3 Å². The van der Waals surface area contributed by atoms with Gasteiger partial charge >= 0.3 is 21.3 Å². The molecule has 8 heteroatoms. The maximum atomic E-state index is 13.1. The molecule has 3 atom stereocenters. The molecule has 2 aliphatic rings. The second-order valence-electron chi connectivity index (χ2n) is 5.31. The Balaban J connectivity index is 2.03. The SMILES string of the molecule is O=C(OC1CC[C@@H]2CCCC1C2)C(F)(F)S(=O)(=O)O. The third kappa shape index (κ3) is 2.89. The number of hydrogen-bond donors (Lipinski definition) is 1. The van der Waals surface area contributed by atoms with Crippen LogP contribution in [0.25, 0.3) is 0 Å². The molecule has 110 valence electrons. The zero-order valence-electron chi connectivity index (χ0n) is 10.2. The average Bonchev–Trinajstić information content (AvgIpc) is 2.31. The fraction of sp³-hybridized carbons (Fsp3) is 0.909. The highest BCUT2D eigenvalue weighted by atomic mass is 32.2. The summed E-state index contributed by atoms with van der Waals surface area (Å²) in [6.45, 7) is 0. The molecular weight excluding hydrogens is 282 g/mol. The molecule has 19 heavy (non-hydrogen) atoms. The van der Waals surface area contributed by atoms with E-state index >= 15 is 0 Å². The highest BCUT2D eigenvalue weighted by Gasteiger charge is 2.55. The van der Waals surface area contributed by atoms with Gasteiger partial charge in [0.1, 0.15) is 6.10 Å². The third-order valence-corrected chi connectivity index (χ3v) is 4.84. The van der Waals surface area contributed by atoms with Gasteiger partial charge in [-0.1, -0.05) is 12.8 Å². The maximum Gasteiger partial charge on any atom is 0.465 e. The molecule has 0 heterocycles. The van der Waals surface area contributed by atoms with Crippen molar-refractivity contribution in [2.75, 3.05) is 0 Å². The summed E-state index contributed by atoms with van der Waals surface area (Å²) < 4.78 is 60.1. The highest BCUT2D eigenvalue weighted by molar-refractivity contribution is 7.87. The fourth-order valence-electron chi connectivity index (χ4n) is 3.03. The van der Waals surface area contributed by atoms with Crippen LogP contribution in [0.4, 0.5) is 8.78 Å². The zero-order chi connectivity index (χ0) is 14.3. The third-order valence-electron chi connectivity index (χ3n) is 4.03. The fourth-order valence-corrected chi connectivity index (χ4v) is 3.29. The van der Waals surface area contributed by atoms with Crippen molar-refractivity contribution >= 4 is 16.1 Å². The first kappa shape index (κ1) is 14.6. The van der Waals surface area contributed by atoms with Crippen molar-refractivity contribution in [3.05, 3.63) is 0 Å². The van der Waals surface area contributed by atoms with Crippen LogP contribution in [0.5, 0.6) is 0 Å². The summed E-state index contributed by atoms with van der Waals surface area (Å²) in [4.78, 5) is 11.2. The smallest absolute Gasteiger partial charge is 0.457 e. The lowest BCUT2D eigenvalue weighted by atomic mass is 9.71. The van der Waals surface area contributed by atoms with Crippen molar-refractivity contribution in [1.82, 2.24) is 0 Å². The minimum Gasteiger partial charge on any atom is -0.457 e. The van der Waals surface area contributed by atoms with Gasteiger partial charge < -0.3 is 4.74 Å². The van der Waals surface area contributed by atoms with Gasteiger partial charge in [-0.05, 0) is 37.5 Å². The Bertz CT molecular complexity index is 462. The Morgan fingerprint density at radius 1 is 1.21 bits per heavy atom. The van der Waals surface area contributed by atoms with E-state index in [1.807, 2.05) is 0 Å². The summed E-state index contributed by atoms with van der Waals surface area (Å²) in [5.74, 6) is -1.60. The number of esters is 1. The van der Waals surface area contributed by atoms with Crippen molar-refractivity contribution in [3.63, 3.8) is 0 Å². The lowest BCUT2D eigenvalue weighted by Gasteiger charge is -2.39. The molecule has 5 nitrogen and oxygen atoms in total. The van der Waals surface area contributed by atoms with E-state index in [1.165, 1.54) is 0 Å². The summed E-state index contributed by atoms with van der Waals surface area (Å²) in [5, 5.41) is -4.89.